The zero-order valence-electron chi connectivity index (χ0n) is 7.70. The number of esters is 1. The Bertz CT molecular complexity index is 427. The van der Waals surface area contributed by atoms with Crippen molar-refractivity contribution in [2.45, 2.75) is 6.43 Å². The summed E-state index contributed by atoms with van der Waals surface area (Å²) in [7, 11) is 1.10. The SMILES string of the molecule is COC(=O)c1cc(C(F)F)cnc1C#N. The number of nitriles is 1. The molecule has 0 unspecified atom stereocenters. The topological polar surface area (TPSA) is 63.0 Å². The number of alkyl halides is 2. The molecule has 0 aliphatic heterocycles. The lowest BCUT2D eigenvalue weighted by Crippen LogP contribution is -2.07. The summed E-state index contributed by atoms with van der Waals surface area (Å²) < 4.78 is 28.9. The fourth-order valence-electron chi connectivity index (χ4n) is 0.955. The molecule has 0 N–H and O–H groups in total. The van der Waals surface area contributed by atoms with E-state index in [0.717, 1.165) is 19.4 Å². The predicted molar refractivity (Wildman–Crippen MR) is 45.2 cm³/mol. The Morgan fingerprint density at radius 3 is 2.80 bits per heavy atom. The number of aromatic nitrogens is 1. The molecule has 0 aliphatic rings. The van der Waals surface area contributed by atoms with Crippen LogP contribution in [0.2, 0.25) is 0 Å². The Balaban J connectivity index is 3.27. The predicted octanol–water partition coefficient (Wildman–Crippen LogP) is 1.68. The zero-order chi connectivity index (χ0) is 11.4. The molecule has 0 aliphatic carbocycles. The van der Waals surface area contributed by atoms with Gasteiger partial charge in [-0.15, -0.1) is 0 Å². The van der Waals surface area contributed by atoms with Gasteiger partial charge in [0.25, 0.3) is 6.43 Å². The maximum Gasteiger partial charge on any atom is 0.340 e. The van der Waals surface area contributed by atoms with Crippen LogP contribution in [0.15, 0.2) is 12.3 Å². The van der Waals surface area contributed by atoms with E-state index in [9.17, 15) is 13.6 Å². The summed E-state index contributed by atoms with van der Waals surface area (Å²) in [5, 5.41) is 8.58. The number of halogens is 2. The van der Waals surface area contributed by atoms with E-state index in [2.05, 4.69) is 9.72 Å². The smallest absolute Gasteiger partial charge is 0.340 e. The van der Waals surface area contributed by atoms with Gasteiger partial charge in [-0.2, -0.15) is 5.26 Å². The molecule has 15 heavy (non-hydrogen) atoms. The minimum atomic E-state index is -2.74. The second-order valence-corrected chi connectivity index (χ2v) is 2.57. The maximum atomic E-state index is 12.3. The Morgan fingerprint density at radius 1 is 1.67 bits per heavy atom. The molecule has 0 amide bonds. The summed E-state index contributed by atoms with van der Waals surface area (Å²) in [5.74, 6) is -0.860. The average Bonchev–Trinajstić information content (AvgIpc) is 2.27. The van der Waals surface area contributed by atoms with E-state index in [-0.39, 0.29) is 11.3 Å². The van der Waals surface area contributed by atoms with Crippen LogP contribution in [0.4, 0.5) is 8.78 Å². The van der Waals surface area contributed by atoms with Gasteiger partial charge in [0.2, 0.25) is 0 Å². The number of hydrogen-bond acceptors (Lipinski definition) is 4. The van der Waals surface area contributed by atoms with E-state index >= 15 is 0 Å². The summed E-state index contributed by atoms with van der Waals surface area (Å²) in [6.07, 6.45) is -1.89. The summed E-state index contributed by atoms with van der Waals surface area (Å²) in [5.41, 5.74) is -0.904. The largest absolute Gasteiger partial charge is 0.465 e. The molecule has 0 aromatic carbocycles. The number of rotatable bonds is 2. The number of carbonyl (C=O) groups excluding carboxylic acids is 1. The van der Waals surface area contributed by atoms with Crippen LogP contribution < -0.4 is 0 Å². The lowest BCUT2D eigenvalue weighted by Gasteiger charge is -2.03. The van der Waals surface area contributed by atoms with Gasteiger partial charge in [-0.1, -0.05) is 0 Å². The molecule has 0 atom stereocenters. The Hall–Kier alpha value is -2.03. The summed E-state index contributed by atoms with van der Waals surface area (Å²) >= 11 is 0. The van der Waals surface area contributed by atoms with Gasteiger partial charge < -0.3 is 4.74 Å². The Morgan fingerprint density at radius 2 is 2.33 bits per heavy atom. The van der Waals surface area contributed by atoms with Crippen LogP contribution in [-0.2, 0) is 4.74 Å². The normalized spacial score (nSPS) is 9.80. The van der Waals surface area contributed by atoms with Crippen molar-refractivity contribution in [1.82, 2.24) is 4.98 Å². The average molecular weight is 212 g/mol. The molecule has 0 spiro atoms. The third-order valence-corrected chi connectivity index (χ3v) is 1.67. The molecule has 0 saturated heterocycles. The monoisotopic (exact) mass is 212 g/mol. The van der Waals surface area contributed by atoms with Gasteiger partial charge >= 0.3 is 5.97 Å². The molecule has 0 fully saturated rings. The van der Waals surface area contributed by atoms with Crippen molar-refractivity contribution in [1.29, 1.82) is 5.26 Å². The molecule has 0 saturated carbocycles. The van der Waals surface area contributed by atoms with Gasteiger partial charge in [-0.05, 0) is 6.07 Å². The Kier molecular flexibility index (Phi) is 3.29. The first-order chi connectivity index (χ1) is 7.10. The highest BCUT2D eigenvalue weighted by atomic mass is 19.3. The van der Waals surface area contributed by atoms with Crippen LogP contribution >= 0.6 is 0 Å². The molecular formula is C9H6F2N2O2. The van der Waals surface area contributed by atoms with Gasteiger partial charge in [-0.3, -0.25) is 0 Å². The van der Waals surface area contributed by atoms with Crippen molar-refractivity contribution in [3.8, 4) is 6.07 Å². The first kappa shape index (κ1) is 11.0. The van der Waals surface area contributed by atoms with E-state index in [1.165, 1.54) is 0 Å². The third-order valence-electron chi connectivity index (χ3n) is 1.67. The summed E-state index contributed by atoms with van der Waals surface area (Å²) in [4.78, 5) is 14.6. The first-order valence-electron chi connectivity index (χ1n) is 3.86. The minimum absolute atomic E-state index is 0.230. The van der Waals surface area contributed by atoms with Gasteiger partial charge in [0.1, 0.15) is 6.07 Å². The lowest BCUT2D eigenvalue weighted by atomic mass is 10.1. The molecule has 1 heterocycles. The second kappa shape index (κ2) is 4.46. The highest BCUT2D eigenvalue weighted by Gasteiger charge is 2.17. The van der Waals surface area contributed by atoms with E-state index in [1.807, 2.05) is 0 Å². The number of ether oxygens (including phenoxy) is 1. The maximum absolute atomic E-state index is 12.3. The van der Waals surface area contributed by atoms with Crippen molar-refractivity contribution < 1.29 is 18.3 Å². The molecule has 1 aromatic rings. The third kappa shape index (κ3) is 2.26. The second-order valence-electron chi connectivity index (χ2n) is 2.57. The number of nitrogens with zero attached hydrogens (tertiary/aromatic N) is 2. The fourth-order valence-corrected chi connectivity index (χ4v) is 0.955. The van der Waals surface area contributed by atoms with Crippen molar-refractivity contribution >= 4 is 5.97 Å². The molecule has 78 valence electrons. The van der Waals surface area contributed by atoms with Gasteiger partial charge in [0, 0.05) is 11.8 Å². The first-order valence-corrected chi connectivity index (χ1v) is 3.86. The van der Waals surface area contributed by atoms with E-state index in [0.29, 0.717) is 0 Å². The summed E-state index contributed by atoms with van der Waals surface area (Å²) in [6, 6.07) is 2.52. The van der Waals surface area contributed by atoms with Crippen LogP contribution in [0.3, 0.4) is 0 Å². The van der Waals surface area contributed by atoms with E-state index in [1.54, 1.807) is 6.07 Å². The van der Waals surface area contributed by atoms with Crippen LogP contribution in [-0.4, -0.2) is 18.1 Å². The molecular weight excluding hydrogens is 206 g/mol. The number of pyridine rings is 1. The molecule has 4 nitrogen and oxygen atoms in total. The fraction of sp³-hybridized carbons (Fsp3) is 0.222. The van der Waals surface area contributed by atoms with Crippen LogP contribution in [0, 0.1) is 11.3 Å². The molecule has 0 bridgehead atoms. The van der Waals surface area contributed by atoms with Crippen molar-refractivity contribution in [2.24, 2.45) is 0 Å². The molecule has 1 rings (SSSR count). The van der Waals surface area contributed by atoms with Crippen LogP contribution in [0.5, 0.6) is 0 Å². The number of methoxy groups -OCH3 is 1. The Labute approximate surface area is 84.1 Å². The van der Waals surface area contributed by atoms with Crippen LogP contribution in [0.25, 0.3) is 0 Å². The van der Waals surface area contributed by atoms with Gasteiger partial charge in [-0.25, -0.2) is 18.6 Å². The van der Waals surface area contributed by atoms with Gasteiger partial charge in [0.05, 0.1) is 12.7 Å². The highest BCUT2D eigenvalue weighted by Crippen LogP contribution is 2.20. The van der Waals surface area contributed by atoms with Crippen molar-refractivity contribution in [2.75, 3.05) is 7.11 Å². The van der Waals surface area contributed by atoms with Crippen LogP contribution in [0.1, 0.15) is 28.0 Å². The number of hydrogen-bond donors (Lipinski definition) is 0. The molecule has 1 aromatic heterocycles. The zero-order valence-corrected chi connectivity index (χ0v) is 7.70. The van der Waals surface area contributed by atoms with E-state index < -0.39 is 18.0 Å². The van der Waals surface area contributed by atoms with E-state index in [4.69, 9.17) is 5.26 Å². The summed E-state index contributed by atoms with van der Waals surface area (Å²) in [6.45, 7) is 0. The number of carbonyl (C=O) groups is 1. The molecule has 6 heteroatoms. The quantitative estimate of drug-likeness (QED) is 0.699. The van der Waals surface area contributed by atoms with Crippen molar-refractivity contribution in [3.05, 3.63) is 29.1 Å². The van der Waals surface area contributed by atoms with Gasteiger partial charge in [0.15, 0.2) is 5.69 Å². The van der Waals surface area contributed by atoms with Crippen molar-refractivity contribution in [3.63, 3.8) is 0 Å². The lowest BCUT2D eigenvalue weighted by molar-refractivity contribution is 0.0599. The highest BCUT2D eigenvalue weighted by molar-refractivity contribution is 5.91. The minimum Gasteiger partial charge on any atom is -0.465 e. The standard InChI is InChI=1S/C9H6F2N2O2/c1-15-9(14)6-2-5(8(10)11)4-13-7(6)3-12/h2,4,8H,1H3. The molecule has 0 radical (unpaired) electrons.